The highest BCUT2D eigenvalue weighted by atomic mass is 19.1. The number of anilines is 1. The molecular formula is C33H41FN2O5. The number of carbonyl (C=O) groups is 1. The van der Waals surface area contributed by atoms with Gasteiger partial charge in [-0.1, -0.05) is 50.2 Å². The predicted molar refractivity (Wildman–Crippen MR) is 159 cm³/mol. The van der Waals surface area contributed by atoms with Gasteiger partial charge in [0.25, 0.3) is 0 Å². The fourth-order valence-electron chi connectivity index (χ4n) is 5.68. The van der Waals surface area contributed by atoms with E-state index < -0.39 is 5.82 Å². The van der Waals surface area contributed by atoms with E-state index in [-0.39, 0.29) is 24.5 Å². The summed E-state index contributed by atoms with van der Waals surface area (Å²) in [6.45, 7) is 6.31. The Morgan fingerprint density at radius 2 is 1.80 bits per heavy atom. The zero-order chi connectivity index (χ0) is 29.2. The van der Waals surface area contributed by atoms with Crippen molar-refractivity contribution in [2.75, 3.05) is 52.6 Å². The number of carbonyl (C=O) groups excluding carboxylic acids is 1. The van der Waals surface area contributed by atoms with Crippen molar-refractivity contribution in [2.24, 2.45) is 0 Å². The number of benzene rings is 3. The lowest BCUT2D eigenvalue weighted by Crippen LogP contribution is -2.26. The largest absolute Gasteiger partial charge is 0.491 e. The molecule has 0 saturated carbocycles. The monoisotopic (exact) mass is 564 g/mol. The smallest absolute Gasteiger partial charge is 0.231 e. The Balaban J connectivity index is 0.000000271. The topological polar surface area (TPSA) is 69.3 Å². The van der Waals surface area contributed by atoms with Crippen molar-refractivity contribution in [1.82, 2.24) is 4.90 Å². The summed E-state index contributed by atoms with van der Waals surface area (Å²) in [7, 11) is 3.63. The SMILES string of the molecule is CCc1cccc(CC)c1NC.COCCOc1ccccc1[C@H]1C[C@@H](c2cc(F)c3c(c2)OCO3)CN1CC=O. The molecule has 0 aromatic heterocycles. The molecule has 8 heteroatoms. The van der Waals surface area contributed by atoms with Crippen LogP contribution >= 0.6 is 0 Å². The van der Waals surface area contributed by atoms with Gasteiger partial charge in [0.1, 0.15) is 18.6 Å². The third-order valence-corrected chi connectivity index (χ3v) is 7.71. The van der Waals surface area contributed by atoms with Gasteiger partial charge in [0.15, 0.2) is 11.6 Å². The minimum Gasteiger partial charge on any atom is -0.491 e. The van der Waals surface area contributed by atoms with Crippen LogP contribution in [0, 0.1) is 5.82 Å². The Kier molecular flexibility index (Phi) is 11.0. The van der Waals surface area contributed by atoms with Gasteiger partial charge in [0.05, 0.1) is 13.2 Å². The molecular weight excluding hydrogens is 523 g/mol. The van der Waals surface area contributed by atoms with Crippen molar-refractivity contribution in [3.63, 3.8) is 0 Å². The van der Waals surface area contributed by atoms with Crippen LogP contribution in [0.5, 0.6) is 17.2 Å². The van der Waals surface area contributed by atoms with Crippen LogP contribution in [-0.2, 0) is 22.4 Å². The molecule has 0 aliphatic carbocycles. The second-order valence-electron chi connectivity index (χ2n) is 10.1. The van der Waals surface area contributed by atoms with E-state index in [0.29, 0.717) is 32.1 Å². The van der Waals surface area contributed by atoms with Crippen molar-refractivity contribution >= 4 is 12.0 Å². The molecule has 5 rings (SSSR count). The molecule has 7 nitrogen and oxygen atoms in total. The average Bonchev–Trinajstić information content (AvgIpc) is 3.65. The number of halogens is 1. The minimum atomic E-state index is -0.413. The molecule has 2 aliphatic rings. The van der Waals surface area contributed by atoms with Crippen molar-refractivity contribution in [1.29, 1.82) is 0 Å². The molecule has 3 aromatic rings. The standard InChI is InChI=1S/C22H24FNO5.C11H17N/c1-26-8-9-27-20-5-3-2-4-17(20)19-11-16(13-24(19)6-7-25)15-10-18(23)22-21(12-15)28-14-29-22;1-4-9-7-6-8-10(5-2)11(9)12-3/h2-5,7,10,12,16,19H,6,8-9,11,13-14H2,1H3;6-8,12H,4-5H2,1-3H3/t16-,19-;/m1./s1. The lowest BCUT2D eigenvalue weighted by Gasteiger charge is -2.24. The van der Waals surface area contributed by atoms with Gasteiger partial charge in [-0.2, -0.15) is 0 Å². The van der Waals surface area contributed by atoms with Crippen LogP contribution in [0.2, 0.25) is 0 Å². The second kappa shape index (κ2) is 14.8. The van der Waals surface area contributed by atoms with Gasteiger partial charge >= 0.3 is 0 Å². The number of methoxy groups -OCH3 is 1. The summed E-state index contributed by atoms with van der Waals surface area (Å²) < 4.78 is 35.9. The molecule has 3 aromatic carbocycles. The third kappa shape index (κ3) is 7.18. The van der Waals surface area contributed by atoms with Crippen LogP contribution < -0.4 is 19.5 Å². The number of likely N-dealkylation sites (tertiary alicyclic amines) is 1. The zero-order valence-corrected chi connectivity index (χ0v) is 24.5. The van der Waals surface area contributed by atoms with Crippen molar-refractivity contribution in [3.8, 4) is 17.2 Å². The number of hydrogen-bond donors (Lipinski definition) is 1. The van der Waals surface area contributed by atoms with E-state index in [1.54, 1.807) is 7.11 Å². The zero-order valence-electron chi connectivity index (χ0n) is 24.5. The quantitative estimate of drug-likeness (QED) is 0.221. The van der Waals surface area contributed by atoms with Crippen LogP contribution in [0.4, 0.5) is 10.1 Å². The van der Waals surface area contributed by atoms with Crippen LogP contribution in [0.25, 0.3) is 0 Å². The number of rotatable bonds is 11. The molecule has 0 radical (unpaired) electrons. The Labute approximate surface area is 242 Å². The lowest BCUT2D eigenvalue weighted by atomic mass is 9.93. The first-order chi connectivity index (χ1) is 20.0. The van der Waals surface area contributed by atoms with Gasteiger partial charge in [-0.25, -0.2) is 4.39 Å². The first-order valence-corrected chi connectivity index (χ1v) is 14.3. The molecule has 220 valence electrons. The number of hydrogen-bond acceptors (Lipinski definition) is 7. The number of aldehydes is 1. The maximum atomic E-state index is 14.4. The first-order valence-electron chi connectivity index (χ1n) is 14.3. The fraction of sp³-hybridized carbons (Fsp3) is 0.424. The number of nitrogens with one attached hydrogen (secondary N) is 1. The van der Waals surface area contributed by atoms with Gasteiger partial charge in [-0.3, -0.25) is 4.90 Å². The molecule has 1 saturated heterocycles. The van der Waals surface area contributed by atoms with E-state index in [0.717, 1.165) is 42.4 Å². The highest BCUT2D eigenvalue weighted by Crippen LogP contribution is 2.45. The number of ether oxygens (including phenoxy) is 4. The summed E-state index contributed by atoms with van der Waals surface area (Å²) in [6.07, 6.45) is 3.86. The average molecular weight is 565 g/mol. The molecule has 1 N–H and O–H groups in total. The van der Waals surface area contributed by atoms with Crippen molar-refractivity contribution < 1.29 is 28.1 Å². The number of nitrogens with zero attached hydrogens (tertiary/aromatic N) is 1. The van der Waals surface area contributed by atoms with Gasteiger partial charge in [-0.15, -0.1) is 0 Å². The molecule has 1 fully saturated rings. The highest BCUT2D eigenvalue weighted by molar-refractivity contribution is 5.57. The van der Waals surface area contributed by atoms with Crippen molar-refractivity contribution in [2.45, 2.75) is 45.1 Å². The summed E-state index contributed by atoms with van der Waals surface area (Å²) >= 11 is 0. The van der Waals surface area contributed by atoms with E-state index in [1.807, 2.05) is 37.4 Å². The van der Waals surface area contributed by atoms with Crippen molar-refractivity contribution in [3.05, 3.63) is 82.7 Å². The van der Waals surface area contributed by atoms with E-state index in [9.17, 15) is 9.18 Å². The van der Waals surface area contributed by atoms with Crippen LogP contribution in [0.15, 0.2) is 54.6 Å². The van der Waals surface area contributed by atoms with Crippen LogP contribution in [0.1, 0.15) is 54.5 Å². The molecule has 2 atom stereocenters. The Hall–Kier alpha value is -3.62. The highest BCUT2D eigenvalue weighted by Gasteiger charge is 2.36. The number of para-hydroxylation sites is 2. The summed E-state index contributed by atoms with van der Waals surface area (Å²) in [4.78, 5) is 13.4. The van der Waals surface area contributed by atoms with Gasteiger partial charge in [0, 0.05) is 38.0 Å². The maximum absolute atomic E-state index is 14.4. The Bertz CT molecular complexity index is 1280. The summed E-state index contributed by atoms with van der Waals surface area (Å²) in [6, 6.07) is 17.7. The molecule has 41 heavy (non-hydrogen) atoms. The Morgan fingerprint density at radius 1 is 1.05 bits per heavy atom. The van der Waals surface area contributed by atoms with Gasteiger partial charge in [0.2, 0.25) is 12.5 Å². The summed E-state index contributed by atoms with van der Waals surface area (Å²) in [5.41, 5.74) is 6.02. The fourth-order valence-corrected chi connectivity index (χ4v) is 5.68. The van der Waals surface area contributed by atoms with E-state index in [1.165, 1.54) is 22.9 Å². The molecule has 2 aliphatic heterocycles. The molecule has 0 amide bonds. The molecule has 0 unspecified atom stereocenters. The summed E-state index contributed by atoms with van der Waals surface area (Å²) in [5.74, 6) is 1.04. The van der Waals surface area contributed by atoms with Crippen LogP contribution in [-0.4, -0.2) is 58.4 Å². The number of aryl methyl sites for hydroxylation is 2. The van der Waals surface area contributed by atoms with E-state index in [2.05, 4.69) is 42.3 Å². The number of fused-ring (bicyclic) bond motifs is 1. The lowest BCUT2D eigenvalue weighted by molar-refractivity contribution is -0.109. The summed E-state index contributed by atoms with van der Waals surface area (Å²) in [5, 5.41) is 3.27. The Morgan fingerprint density at radius 3 is 2.49 bits per heavy atom. The maximum Gasteiger partial charge on any atom is 0.231 e. The van der Waals surface area contributed by atoms with Gasteiger partial charge in [-0.05, 0) is 60.1 Å². The predicted octanol–water partition coefficient (Wildman–Crippen LogP) is 6.16. The van der Waals surface area contributed by atoms with E-state index in [4.69, 9.17) is 18.9 Å². The molecule has 0 spiro atoms. The third-order valence-electron chi connectivity index (χ3n) is 7.71. The minimum absolute atomic E-state index is 0.00238. The van der Waals surface area contributed by atoms with Gasteiger partial charge < -0.3 is 29.1 Å². The first kappa shape index (κ1) is 30.3. The second-order valence-corrected chi connectivity index (χ2v) is 10.1. The molecule has 0 bridgehead atoms. The molecule has 2 heterocycles. The van der Waals surface area contributed by atoms with Crippen LogP contribution in [0.3, 0.4) is 0 Å². The van der Waals surface area contributed by atoms with E-state index >= 15 is 0 Å². The normalized spacial score (nSPS) is 17.6.